The summed E-state index contributed by atoms with van der Waals surface area (Å²) in [7, 11) is 0. The molecule has 224 valence electrons. The molecule has 0 bridgehead atoms. The number of morpholine rings is 1. The first kappa shape index (κ1) is 29.9. The number of hydrogen-bond acceptors (Lipinski definition) is 9. The maximum absolute atomic E-state index is 13.3. The third kappa shape index (κ3) is 6.44. The lowest BCUT2D eigenvalue weighted by Gasteiger charge is -2.58. The fourth-order valence-corrected chi connectivity index (χ4v) is 8.04. The number of aromatic nitrogens is 1. The van der Waals surface area contributed by atoms with Crippen molar-refractivity contribution in [2.45, 2.75) is 51.6 Å². The van der Waals surface area contributed by atoms with Gasteiger partial charge in [0.25, 0.3) is 5.91 Å². The summed E-state index contributed by atoms with van der Waals surface area (Å²) in [5.41, 5.74) is -0.211. The number of carbonyl (C=O) groups is 2. The predicted molar refractivity (Wildman–Crippen MR) is 156 cm³/mol. The number of thiazole rings is 1. The van der Waals surface area contributed by atoms with E-state index in [-0.39, 0.29) is 48.7 Å². The van der Waals surface area contributed by atoms with Gasteiger partial charge in [-0.05, 0) is 42.7 Å². The number of aliphatic hydroxyl groups is 2. The van der Waals surface area contributed by atoms with Gasteiger partial charge < -0.3 is 25.0 Å². The van der Waals surface area contributed by atoms with Gasteiger partial charge in [0, 0.05) is 48.8 Å². The Labute approximate surface area is 245 Å². The van der Waals surface area contributed by atoms with Crippen molar-refractivity contribution in [2.75, 3.05) is 57.9 Å². The van der Waals surface area contributed by atoms with Crippen LogP contribution in [0.25, 0.3) is 0 Å². The SMILES string of the molecule is CC1(CO)C(O)CCC2(C)C(CC(=O)NCCN3CCOCC3)c3nc(NC(=O)COc4ccccc4)sc3CC12. The molecule has 4 N–H and O–H groups in total. The molecule has 2 heterocycles. The van der Waals surface area contributed by atoms with Crippen molar-refractivity contribution in [1.82, 2.24) is 15.2 Å². The monoisotopic (exact) mass is 586 g/mol. The van der Waals surface area contributed by atoms with Crippen molar-refractivity contribution in [1.29, 1.82) is 0 Å². The molecule has 5 unspecified atom stereocenters. The van der Waals surface area contributed by atoms with Crippen LogP contribution in [-0.4, -0.2) is 90.6 Å². The van der Waals surface area contributed by atoms with E-state index in [1.807, 2.05) is 25.1 Å². The standard InChI is InChI=1S/C30H42N4O6S/c1-29-9-8-24(36)30(2,19-35)23(29)17-22-27(21(29)16-25(37)31-10-11-34-12-14-39-15-13-34)33-28(41-22)32-26(38)18-40-20-6-4-3-5-7-20/h3-7,21,23-24,35-36H,8-19H2,1-2H3,(H,31,37)(H,32,33,38). The van der Waals surface area contributed by atoms with Gasteiger partial charge in [0.2, 0.25) is 5.91 Å². The van der Waals surface area contributed by atoms with E-state index in [2.05, 4.69) is 22.5 Å². The number of carbonyl (C=O) groups excluding carboxylic acids is 2. The molecule has 1 aromatic carbocycles. The summed E-state index contributed by atoms with van der Waals surface area (Å²) < 4.78 is 11.0. The van der Waals surface area contributed by atoms with Gasteiger partial charge >= 0.3 is 0 Å². The molecule has 1 saturated heterocycles. The number of amides is 2. The van der Waals surface area contributed by atoms with Crippen molar-refractivity contribution in [3.05, 3.63) is 40.9 Å². The van der Waals surface area contributed by atoms with Gasteiger partial charge in [0.1, 0.15) is 5.75 Å². The van der Waals surface area contributed by atoms with E-state index in [1.54, 1.807) is 12.1 Å². The predicted octanol–water partition coefficient (Wildman–Crippen LogP) is 2.41. The largest absolute Gasteiger partial charge is 0.484 e. The minimum absolute atomic E-state index is 0.0391. The number of rotatable bonds is 10. The van der Waals surface area contributed by atoms with Crippen LogP contribution in [0.4, 0.5) is 5.13 Å². The first-order valence-corrected chi connectivity index (χ1v) is 15.4. The second kappa shape index (κ2) is 12.7. The summed E-state index contributed by atoms with van der Waals surface area (Å²) >= 11 is 1.41. The lowest BCUT2D eigenvalue weighted by Crippen LogP contribution is -2.57. The van der Waals surface area contributed by atoms with Gasteiger partial charge in [-0.3, -0.25) is 19.8 Å². The number of hydrogen-bond donors (Lipinski definition) is 4. The van der Waals surface area contributed by atoms with Gasteiger partial charge in [-0.25, -0.2) is 4.98 Å². The number of benzene rings is 1. The van der Waals surface area contributed by atoms with E-state index in [9.17, 15) is 19.8 Å². The molecule has 10 nitrogen and oxygen atoms in total. The Bertz CT molecular complexity index is 1200. The second-order valence-electron chi connectivity index (χ2n) is 12.0. The zero-order valence-corrected chi connectivity index (χ0v) is 24.8. The highest BCUT2D eigenvalue weighted by Gasteiger charge is 2.59. The molecule has 2 aliphatic carbocycles. The molecule has 11 heteroatoms. The third-order valence-electron chi connectivity index (χ3n) is 9.50. The van der Waals surface area contributed by atoms with Gasteiger partial charge in [0.05, 0.1) is 31.6 Å². The lowest BCUT2D eigenvalue weighted by molar-refractivity contribution is -0.144. The third-order valence-corrected chi connectivity index (χ3v) is 10.5. The Morgan fingerprint density at radius 3 is 2.68 bits per heavy atom. The van der Waals surface area contributed by atoms with E-state index < -0.39 is 11.5 Å². The summed E-state index contributed by atoms with van der Waals surface area (Å²) in [6.45, 7) is 8.36. The van der Waals surface area contributed by atoms with Crippen LogP contribution in [0, 0.1) is 16.7 Å². The van der Waals surface area contributed by atoms with Gasteiger partial charge in [0.15, 0.2) is 11.7 Å². The van der Waals surface area contributed by atoms with Crippen LogP contribution in [0.15, 0.2) is 30.3 Å². The summed E-state index contributed by atoms with van der Waals surface area (Å²) in [5, 5.41) is 27.9. The maximum Gasteiger partial charge on any atom is 0.264 e. The van der Waals surface area contributed by atoms with Crippen molar-refractivity contribution >= 4 is 28.3 Å². The minimum Gasteiger partial charge on any atom is -0.484 e. The average Bonchev–Trinajstić information content (AvgIpc) is 3.38. The fourth-order valence-electron chi connectivity index (χ4n) is 6.96. The van der Waals surface area contributed by atoms with Gasteiger partial charge in [-0.1, -0.05) is 32.0 Å². The molecule has 2 fully saturated rings. The summed E-state index contributed by atoms with van der Waals surface area (Å²) in [5.74, 6) is 0.00674. The quantitative estimate of drug-likeness (QED) is 0.334. The highest BCUT2D eigenvalue weighted by atomic mass is 32.1. The fraction of sp³-hybridized carbons (Fsp3) is 0.633. The van der Waals surface area contributed by atoms with E-state index in [0.717, 1.165) is 49.8 Å². The van der Waals surface area contributed by atoms with E-state index in [1.165, 1.54) is 11.3 Å². The molecule has 2 amide bonds. The minimum atomic E-state index is -0.702. The van der Waals surface area contributed by atoms with Crippen LogP contribution in [0.2, 0.25) is 0 Å². The van der Waals surface area contributed by atoms with Crippen LogP contribution in [0.5, 0.6) is 5.75 Å². The number of anilines is 1. The van der Waals surface area contributed by atoms with E-state index >= 15 is 0 Å². The molecule has 5 atom stereocenters. The summed E-state index contributed by atoms with van der Waals surface area (Å²) in [6, 6.07) is 9.16. The Morgan fingerprint density at radius 2 is 1.95 bits per heavy atom. The Kier molecular flexibility index (Phi) is 9.30. The van der Waals surface area contributed by atoms with Crippen LogP contribution in [0.3, 0.4) is 0 Å². The van der Waals surface area contributed by atoms with E-state index in [4.69, 9.17) is 14.5 Å². The topological polar surface area (TPSA) is 133 Å². The van der Waals surface area contributed by atoms with Crippen LogP contribution < -0.4 is 15.4 Å². The maximum atomic E-state index is 13.3. The number of para-hydroxylation sites is 1. The zero-order chi connectivity index (χ0) is 29.0. The van der Waals surface area contributed by atoms with Crippen LogP contribution in [-0.2, 0) is 20.7 Å². The molecule has 5 rings (SSSR count). The molecule has 0 radical (unpaired) electrons. The van der Waals surface area contributed by atoms with Gasteiger partial charge in [-0.15, -0.1) is 11.3 Å². The van der Waals surface area contributed by atoms with Crippen molar-refractivity contribution in [2.24, 2.45) is 16.7 Å². The normalized spacial score (nSPS) is 29.7. The van der Waals surface area contributed by atoms with Gasteiger partial charge in [-0.2, -0.15) is 0 Å². The van der Waals surface area contributed by atoms with Crippen molar-refractivity contribution in [3.8, 4) is 5.75 Å². The molecule has 1 aromatic heterocycles. The summed E-state index contributed by atoms with van der Waals surface area (Å²) in [6.07, 6.45) is 1.54. The van der Waals surface area contributed by atoms with Crippen molar-refractivity contribution in [3.63, 3.8) is 0 Å². The van der Waals surface area contributed by atoms with Crippen LogP contribution in [0.1, 0.15) is 49.6 Å². The summed E-state index contributed by atoms with van der Waals surface area (Å²) in [4.78, 5) is 34.2. The smallest absolute Gasteiger partial charge is 0.264 e. The van der Waals surface area contributed by atoms with Crippen LogP contribution >= 0.6 is 11.3 Å². The number of aliphatic hydroxyl groups excluding tert-OH is 2. The molecule has 3 aliphatic rings. The highest BCUT2D eigenvalue weighted by Crippen LogP contribution is 2.62. The first-order chi connectivity index (χ1) is 19.7. The second-order valence-corrected chi connectivity index (χ2v) is 13.1. The molecule has 1 saturated carbocycles. The number of fused-ring (bicyclic) bond motifs is 2. The molecule has 0 spiro atoms. The first-order valence-electron chi connectivity index (χ1n) is 14.6. The Balaban J connectivity index is 1.33. The van der Waals surface area contributed by atoms with Crippen molar-refractivity contribution < 1.29 is 29.3 Å². The highest BCUT2D eigenvalue weighted by molar-refractivity contribution is 7.15. The Morgan fingerprint density at radius 1 is 1.20 bits per heavy atom. The number of nitrogens with one attached hydrogen (secondary N) is 2. The van der Waals surface area contributed by atoms with E-state index in [0.29, 0.717) is 30.3 Å². The molecule has 1 aliphatic heterocycles. The Hall–Kier alpha value is -2.57. The number of ether oxygens (including phenoxy) is 2. The molecular weight excluding hydrogens is 544 g/mol. The lowest BCUT2D eigenvalue weighted by atomic mass is 9.47. The molecule has 41 heavy (non-hydrogen) atoms. The molecule has 2 aromatic rings. The zero-order valence-electron chi connectivity index (χ0n) is 23.9. The molecular formula is C30H42N4O6S. The number of nitrogens with zero attached hydrogens (tertiary/aromatic N) is 2. The average molecular weight is 587 g/mol.